The summed E-state index contributed by atoms with van der Waals surface area (Å²) < 4.78 is 16.2. The van der Waals surface area contributed by atoms with Crippen molar-refractivity contribution in [3.05, 3.63) is 92.8 Å². The van der Waals surface area contributed by atoms with Crippen LogP contribution >= 0.6 is 23.4 Å². The first kappa shape index (κ1) is 23.0. The molecule has 0 saturated carbocycles. The van der Waals surface area contributed by atoms with Crippen LogP contribution in [0, 0.1) is 6.92 Å². The van der Waals surface area contributed by atoms with Gasteiger partial charge < -0.3 is 14.2 Å². The predicted octanol–water partition coefficient (Wildman–Crippen LogP) is 5.83. The zero-order valence-electron chi connectivity index (χ0n) is 18.4. The Morgan fingerprint density at radius 1 is 1.09 bits per heavy atom. The van der Waals surface area contributed by atoms with E-state index in [9.17, 15) is 14.4 Å². The average molecular weight is 508 g/mol. The number of aryl methyl sites for hydroxylation is 1. The Kier molecular flexibility index (Phi) is 6.23. The number of nitrogens with zero attached hydrogens (tertiary/aromatic N) is 1. The average Bonchev–Trinajstić information content (AvgIpc) is 3.40. The van der Waals surface area contributed by atoms with Crippen LogP contribution in [0.5, 0.6) is 17.2 Å². The molecule has 0 aliphatic carbocycles. The lowest BCUT2D eigenvalue weighted by atomic mass is 10.1. The molecule has 35 heavy (non-hydrogen) atoms. The molecular weight excluding hydrogens is 490 g/mol. The quantitative estimate of drug-likeness (QED) is 0.244. The normalized spacial score (nSPS) is 15.7. The predicted molar refractivity (Wildman–Crippen MR) is 132 cm³/mol. The van der Waals surface area contributed by atoms with E-state index < -0.39 is 17.1 Å². The van der Waals surface area contributed by atoms with Crippen molar-refractivity contribution in [2.75, 3.05) is 6.79 Å². The van der Waals surface area contributed by atoms with Crippen molar-refractivity contribution in [3.8, 4) is 17.2 Å². The van der Waals surface area contributed by atoms with Gasteiger partial charge in [-0.25, -0.2) is 4.79 Å². The minimum absolute atomic E-state index is 0.0124. The largest absolute Gasteiger partial charge is 0.454 e. The van der Waals surface area contributed by atoms with E-state index in [2.05, 4.69) is 0 Å². The van der Waals surface area contributed by atoms with Crippen LogP contribution in [0.15, 0.2) is 65.6 Å². The van der Waals surface area contributed by atoms with Crippen molar-refractivity contribution in [2.24, 2.45) is 0 Å². The van der Waals surface area contributed by atoms with Crippen molar-refractivity contribution in [1.29, 1.82) is 0 Å². The molecule has 0 N–H and O–H groups in total. The fraction of sp³-hybridized carbons (Fsp3) is 0.115. The molecule has 3 aromatic rings. The van der Waals surface area contributed by atoms with E-state index in [1.807, 2.05) is 19.1 Å². The zero-order valence-corrected chi connectivity index (χ0v) is 20.0. The van der Waals surface area contributed by atoms with Gasteiger partial charge in [0.25, 0.3) is 11.1 Å². The van der Waals surface area contributed by atoms with Gasteiger partial charge >= 0.3 is 5.97 Å². The maximum atomic E-state index is 13.1. The van der Waals surface area contributed by atoms with E-state index in [1.165, 1.54) is 0 Å². The second-order valence-corrected chi connectivity index (χ2v) is 9.26. The highest BCUT2D eigenvalue weighted by molar-refractivity contribution is 8.18. The van der Waals surface area contributed by atoms with Crippen LogP contribution in [0.1, 0.15) is 27.0 Å². The molecule has 7 nitrogen and oxygen atoms in total. The molecule has 0 spiro atoms. The fourth-order valence-corrected chi connectivity index (χ4v) is 4.61. The van der Waals surface area contributed by atoms with Crippen LogP contribution < -0.4 is 14.2 Å². The first-order chi connectivity index (χ1) is 16.9. The number of amides is 2. The van der Waals surface area contributed by atoms with Gasteiger partial charge in [0.05, 0.1) is 17.0 Å². The van der Waals surface area contributed by atoms with Gasteiger partial charge in [-0.2, -0.15) is 0 Å². The SMILES string of the molecule is Cc1ccc(C(=O)Oc2ccccc2/C=C2\SC(=O)N(Cc3cc4c(cc3Cl)OCO4)C2=O)cc1. The maximum Gasteiger partial charge on any atom is 0.343 e. The molecular formula is C26H18ClNO6S. The molecule has 1 fully saturated rings. The summed E-state index contributed by atoms with van der Waals surface area (Å²) in [6, 6.07) is 17.1. The van der Waals surface area contributed by atoms with Crippen molar-refractivity contribution >= 4 is 46.6 Å². The Morgan fingerprint density at radius 2 is 1.80 bits per heavy atom. The van der Waals surface area contributed by atoms with Gasteiger partial charge in [-0.3, -0.25) is 14.5 Å². The molecule has 0 unspecified atom stereocenters. The molecule has 3 aromatic carbocycles. The van der Waals surface area contributed by atoms with Crippen LogP contribution in [0.3, 0.4) is 0 Å². The lowest BCUT2D eigenvalue weighted by molar-refractivity contribution is -0.123. The van der Waals surface area contributed by atoms with Gasteiger partial charge in [-0.15, -0.1) is 0 Å². The molecule has 2 aliphatic heterocycles. The second kappa shape index (κ2) is 9.48. The van der Waals surface area contributed by atoms with E-state index in [4.69, 9.17) is 25.8 Å². The lowest BCUT2D eigenvalue weighted by Gasteiger charge is -2.14. The van der Waals surface area contributed by atoms with E-state index in [0.29, 0.717) is 33.2 Å². The molecule has 0 bridgehead atoms. The maximum absolute atomic E-state index is 13.1. The number of imide groups is 1. The molecule has 2 heterocycles. The number of halogens is 1. The minimum atomic E-state index is -0.517. The Bertz CT molecular complexity index is 1390. The highest BCUT2D eigenvalue weighted by Crippen LogP contribution is 2.39. The topological polar surface area (TPSA) is 82.1 Å². The van der Waals surface area contributed by atoms with E-state index in [-0.39, 0.29) is 24.0 Å². The Morgan fingerprint density at radius 3 is 2.57 bits per heavy atom. The number of hydrogen-bond acceptors (Lipinski definition) is 7. The first-order valence-electron chi connectivity index (χ1n) is 10.6. The molecule has 2 aliphatic rings. The van der Waals surface area contributed by atoms with E-state index >= 15 is 0 Å². The third-order valence-corrected chi connectivity index (χ3v) is 6.70. The number of hydrogen-bond donors (Lipinski definition) is 0. The smallest absolute Gasteiger partial charge is 0.343 e. The van der Waals surface area contributed by atoms with Crippen molar-refractivity contribution in [2.45, 2.75) is 13.5 Å². The van der Waals surface area contributed by atoms with Crippen LogP contribution in [-0.2, 0) is 11.3 Å². The summed E-state index contributed by atoms with van der Waals surface area (Å²) in [6.45, 7) is 2.01. The summed E-state index contributed by atoms with van der Waals surface area (Å²) in [6.07, 6.45) is 1.55. The highest BCUT2D eigenvalue weighted by atomic mass is 35.5. The number of esters is 1. The third kappa shape index (κ3) is 4.76. The Hall–Kier alpha value is -3.75. The first-order valence-corrected chi connectivity index (χ1v) is 11.8. The number of ether oxygens (including phenoxy) is 3. The van der Waals surface area contributed by atoms with Crippen LogP contribution in [0.4, 0.5) is 4.79 Å². The number of thioether (sulfide) groups is 1. The van der Waals surface area contributed by atoms with E-state index in [1.54, 1.807) is 54.6 Å². The molecule has 5 rings (SSSR count). The minimum Gasteiger partial charge on any atom is -0.454 e. The van der Waals surface area contributed by atoms with E-state index in [0.717, 1.165) is 22.2 Å². The number of benzene rings is 3. The van der Waals surface area contributed by atoms with Crippen LogP contribution in [0.25, 0.3) is 6.08 Å². The number of carbonyl (C=O) groups is 3. The summed E-state index contributed by atoms with van der Waals surface area (Å²) in [5.41, 5.74) is 2.50. The van der Waals surface area contributed by atoms with Gasteiger partial charge in [-0.1, -0.05) is 47.5 Å². The molecule has 0 aromatic heterocycles. The van der Waals surface area contributed by atoms with Gasteiger partial charge in [0.2, 0.25) is 6.79 Å². The van der Waals surface area contributed by atoms with Crippen molar-refractivity contribution in [3.63, 3.8) is 0 Å². The van der Waals surface area contributed by atoms with Crippen LogP contribution in [-0.4, -0.2) is 28.8 Å². The molecule has 9 heteroatoms. The molecule has 0 radical (unpaired) electrons. The zero-order chi connectivity index (χ0) is 24.5. The van der Waals surface area contributed by atoms with Crippen molar-refractivity contribution < 1.29 is 28.6 Å². The number of carbonyl (C=O) groups excluding carboxylic acids is 3. The second-order valence-electron chi connectivity index (χ2n) is 7.86. The van der Waals surface area contributed by atoms with Gasteiger partial charge in [0.15, 0.2) is 11.5 Å². The van der Waals surface area contributed by atoms with Gasteiger partial charge in [-0.05, 0) is 54.6 Å². The van der Waals surface area contributed by atoms with Gasteiger partial charge in [0, 0.05) is 16.7 Å². The molecule has 2 amide bonds. The van der Waals surface area contributed by atoms with Crippen LogP contribution in [0.2, 0.25) is 5.02 Å². The standard InChI is InChI=1S/C26H18ClNO6S/c1-15-6-8-16(9-7-15)25(30)34-20-5-3-2-4-17(20)11-23-24(29)28(26(31)35-23)13-18-10-21-22(12-19(18)27)33-14-32-21/h2-12H,13-14H2,1H3/b23-11-. The number of fused-ring (bicyclic) bond motifs is 1. The lowest BCUT2D eigenvalue weighted by Crippen LogP contribution is -2.27. The number of para-hydroxylation sites is 1. The van der Waals surface area contributed by atoms with Gasteiger partial charge in [0.1, 0.15) is 5.75 Å². The Labute approximate surface area is 210 Å². The summed E-state index contributed by atoms with van der Waals surface area (Å²) in [4.78, 5) is 39.6. The summed E-state index contributed by atoms with van der Waals surface area (Å²) in [5, 5.41) is -0.0604. The fourth-order valence-electron chi connectivity index (χ4n) is 3.57. The summed E-state index contributed by atoms with van der Waals surface area (Å²) in [5.74, 6) is 0.328. The highest BCUT2D eigenvalue weighted by Gasteiger charge is 2.36. The summed E-state index contributed by atoms with van der Waals surface area (Å²) in [7, 11) is 0. The van der Waals surface area contributed by atoms with Crippen molar-refractivity contribution in [1.82, 2.24) is 4.90 Å². The molecule has 0 atom stereocenters. The molecule has 1 saturated heterocycles. The Balaban J connectivity index is 1.36. The third-order valence-electron chi connectivity index (χ3n) is 5.44. The monoisotopic (exact) mass is 507 g/mol. The number of rotatable bonds is 5. The summed E-state index contributed by atoms with van der Waals surface area (Å²) >= 11 is 7.13. The molecule has 176 valence electrons.